The van der Waals surface area contributed by atoms with E-state index in [1.54, 1.807) is 0 Å². The van der Waals surface area contributed by atoms with Crippen LogP contribution in [-0.2, 0) is 43.0 Å². The molecule has 0 fully saturated rings. The van der Waals surface area contributed by atoms with E-state index in [9.17, 15) is 28.8 Å². The second-order valence-corrected chi connectivity index (χ2v) is 12.7. The van der Waals surface area contributed by atoms with Crippen molar-refractivity contribution in [1.29, 1.82) is 0 Å². The summed E-state index contributed by atoms with van der Waals surface area (Å²) in [5.74, 6) is -3.08. The molecular weight excluding hydrogens is 650 g/mol. The van der Waals surface area contributed by atoms with Crippen LogP contribution in [0.1, 0.15) is 135 Å². The molecular formula is C36H65N3O11. The van der Waals surface area contributed by atoms with Crippen molar-refractivity contribution >= 4 is 35.4 Å². The second kappa shape index (κ2) is 34.4. The fourth-order valence-electron chi connectivity index (χ4n) is 4.96. The van der Waals surface area contributed by atoms with Gasteiger partial charge < -0.3 is 45.2 Å². The van der Waals surface area contributed by atoms with Gasteiger partial charge in [0.2, 0.25) is 17.7 Å². The minimum Gasteiger partial charge on any atom is -0.481 e. The summed E-state index contributed by atoms with van der Waals surface area (Å²) in [6.45, 7) is 3.87. The van der Waals surface area contributed by atoms with E-state index in [-0.39, 0.29) is 37.6 Å². The molecule has 0 aromatic rings. The number of rotatable bonds is 37. The molecule has 3 amide bonds. The molecule has 0 aliphatic heterocycles. The summed E-state index contributed by atoms with van der Waals surface area (Å²) in [6.07, 6.45) is 17.6. The average Bonchev–Trinajstić information content (AvgIpc) is 3.06. The quantitative estimate of drug-likeness (QED) is 0.0573. The molecule has 0 aromatic carbocycles. The van der Waals surface area contributed by atoms with Crippen molar-refractivity contribution in [3.05, 3.63) is 0 Å². The molecule has 0 heterocycles. The molecule has 0 spiro atoms. The maximum Gasteiger partial charge on any atom is 0.326 e. The lowest BCUT2D eigenvalue weighted by Crippen LogP contribution is -2.43. The Bertz CT molecular complexity index is 933. The molecule has 290 valence electrons. The lowest BCUT2D eigenvalue weighted by Gasteiger charge is -2.13. The number of amides is 3. The first-order valence-corrected chi connectivity index (χ1v) is 18.6. The minimum atomic E-state index is -1.24. The Morgan fingerprint density at radius 3 is 1.42 bits per heavy atom. The lowest BCUT2D eigenvalue weighted by atomic mass is 10.0. The predicted octanol–water partition coefficient (Wildman–Crippen LogP) is 4.31. The van der Waals surface area contributed by atoms with E-state index >= 15 is 0 Å². The van der Waals surface area contributed by atoms with E-state index in [0.29, 0.717) is 52.4 Å². The molecule has 1 atom stereocenters. The smallest absolute Gasteiger partial charge is 0.326 e. The van der Waals surface area contributed by atoms with Gasteiger partial charge in [0.05, 0.1) is 0 Å². The van der Waals surface area contributed by atoms with Crippen LogP contribution >= 0.6 is 0 Å². The van der Waals surface area contributed by atoms with Crippen LogP contribution < -0.4 is 16.0 Å². The summed E-state index contributed by atoms with van der Waals surface area (Å²) in [4.78, 5) is 68.3. The maximum absolute atomic E-state index is 12.0. The third-order valence-electron chi connectivity index (χ3n) is 7.83. The monoisotopic (exact) mass is 715 g/mol. The van der Waals surface area contributed by atoms with Gasteiger partial charge in [-0.3, -0.25) is 19.2 Å². The molecule has 0 rings (SSSR count). The standard InChI is InChI=1S/C36H65N3O11/c1-30(40)20-21-31(36(46)47)39-34(43)29-50-28-33(42)38-23-17-27-49-25-15-14-24-48-26-16-22-37-32(41)18-12-10-8-6-4-2-3-5-7-9-11-13-19-35(44)45/h31H,2-29H2,1H3,(H,37,41)(H,38,42)(H,39,43)(H,44,45)(H,46,47). The molecule has 0 aromatic heterocycles. The zero-order valence-corrected chi connectivity index (χ0v) is 30.4. The third kappa shape index (κ3) is 34.8. The van der Waals surface area contributed by atoms with Crippen LogP contribution in [-0.4, -0.2) is 104 Å². The molecule has 0 bridgehead atoms. The van der Waals surface area contributed by atoms with Gasteiger partial charge in [-0.1, -0.05) is 64.2 Å². The van der Waals surface area contributed by atoms with Crippen molar-refractivity contribution in [2.45, 2.75) is 141 Å². The summed E-state index contributed by atoms with van der Waals surface area (Å²) < 4.78 is 16.2. The van der Waals surface area contributed by atoms with Crippen molar-refractivity contribution in [3.63, 3.8) is 0 Å². The Kier molecular flexibility index (Phi) is 32.2. The molecule has 0 aliphatic rings. The van der Waals surface area contributed by atoms with Crippen LogP contribution in [0, 0.1) is 0 Å². The molecule has 0 radical (unpaired) electrons. The van der Waals surface area contributed by atoms with Crippen LogP contribution in [0.4, 0.5) is 0 Å². The van der Waals surface area contributed by atoms with Gasteiger partial charge in [-0.2, -0.15) is 0 Å². The molecule has 5 N–H and O–H groups in total. The van der Waals surface area contributed by atoms with E-state index in [2.05, 4.69) is 16.0 Å². The Balaban J connectivity index is 3.41. The molecule has 50 heavy (non-hydrogen) atoms. The highest BCUT2D eigenvalue weighted by atomic mass is 16.5. The van der Waals surface area contributed by atoms with Gasteiger partial charge in [-0.15, -0.1) is 0 Å². The Morgan fingerprint density at radius 1 is 0.500 bits per heavy atom. The Hall–Kier alpha value is -3.10. The van der Waals surface area contributed by atoms with E-state index in [4.69, 9.17) is 24.4 Å². The van der Waals surface area contributed by atoms with Gasteiger partial charge in [0, 0.05) is 58.8 Å². The fraction of sp³-hybridized carbons (Fsp3) is 0.833. The summed E-state index contributed by atoms with van der Waals surface area (Å²) in [5, 5.41) is 25.6. The largest absolute Gasteiger partial charge is 0.481 e. The lowest BCUT2D eigenvalue weighted by molar-refractivity contribution is -0.143. The first-order chi connectivity index (χ1) is 24.1. The number of carboxylic acids is 2. The minimum absolute atomic E-state index is 0.0119. The number of aliphatic carboxylic acids is 2. The molecule has 14 heteroatoms. The molecule has 1 unspecified atom stereocenters. The van der Waals surface area contributed by atoms with Crippen molar-refractivity contribution in [2.24, 2.45) is 0 Å². The number of carboxylic acid groups (broad SMARTS) is 2. The van der Waals surface area contributed by atoms with Crippen LogP contribution in [0.2, 0.25) is 0 Å². The number of ether oxygens (including phenoxy) is 3. The van der Waals surface area contributed by atoms with Crippen molar-refractivity contribution in [3.8, 4) is 0 Å². The third-order valence-corrected chi connectivity index (χ3v) is 7.83. The summed E-state index contributed by atoms with van der Waals surface area (Å²) in [7, 11) is 0. The van der Waals surface area contributed by atoms with Gasteiger partial charge >= 0.3 is 11.9 Å². The summed E-state index contributed by atoms with van der Waals surface area (Å²) in [6, 6.07) is -1.19. The number of hydrogen-bond acceptors (Lipinski definition) is 9. The Labute approximate surface area is 298 Å². The Morgan fingerprint density at radius 2 is 0.940 bits per heavy atom. The van der Waals surface area contributed by atoms with E-state index < -0.39 is 36.4 Å². The summed E-state index contributed by atoms with van der Waals surface area (Å²) >= 11 is 0. The number of hydrogen-bond donors (Lipinski definition) is 5. The van der Waals surface area contributed by atoms with Crippen molar-refractivity contribution in [2.75, 3.05) is 52.7 Å². The molecule has 14 nitrogen and oxygen atoms in total. The second-order valence-electron chi connectivity index (χ2n) is 12.7. The highest BCUT2D eigenvalue weighted by molar-refractivity contribution is 5.85. The SMILES string of the molecule is CC(=O)CCC(NC(=O)COCC(=O)NCCCOCCCCOCCCNC(=O)CCCCCCCCCCCCCCC(=O)O)C(=O)O. The van der Waals surface area contributed by atoms with E-state index in [0.717, 1.165) is 51.4 Å². The first-order valence-electron chi connectivity index (χ1n) is 18.6. The van der Waals surface area contributed by atoms with Gasteiger partial charge in [0.15, 0.2) is 0 Å². The number of unbranched alkanes of at least 4 members (excludes halogenated alkanes) is 12. The predicted molar refractivity (Wildman–Crippen MR) is 189 cm³/mol. The number of Topliss-reactive ketones (excluding diaryl/α,β-unsaturated/α-hetero) is 1. The van der Waals surface area contributed by atoms with E-state index in [1.165, 1.54) is 51.9 Å². The normalized spacial score (nSPS) is 11.5. The molecule has 0 saturated heterocycles. The van der Waals surface area contributed by atoms with Gasteiger partial charge in [0.25, 0.3) is 0 Å². The van der Waals surface area contributed by atoms with Gasteiger partial charge in [0.1, 0.15) is 25.0 Å². The van der Waals surface area contributed by atoms with E-state index in [1.807, 2.05) is 0 Å². The highest BCUT2D eigenvalue weighted by Gasteiger charge is 2.20. The van der Waals surface area contributed by atoms with Crippen molar-refractivity contribution in [1.82, 2.24) is 16.0 Å². The van der Waals surface area contributed by atoms with Crippen LogP contribution in [0.3, 0.4) is 0 Å². The number of carbonyl (C=O) groups excluding carboxylic acids is 4. The zero-order valence-electron chi connectivity index (χ0n) is 30.4. The van der Waals surface area contributed by atoms with Gasteiger partial charge in [-0.25, -0.2) is 4.79 Å². The van der Waals surface area contributed by atoms with Crippen LogP contribution in [0.5, 0.6) is 0 Å². The molecule has 0 aliphatic carbocycles. The zero-order chi connectivity index (χ0) is 37.1. The van der Waals surface area contributed by atoms with Crippen molar-refractivity contribution < 1.29 is 53.2 Å². The average molecular weight is 716 g/mol. The highest BCUT2D eigenvalue weighted by Crippen LogP contribution is 2.13. The number of ketones is 1. The van der Waals surface area contributed by atoms with Crippen LogP contribution in [0.25, 0.3) is 0 Å². The molecule has 0 saturated carbocycles. The first kappa shape index (κ1) is 46.9. The topological polar surface area (TPSA) is 207 Å². The fourth-order valence-corrected chi connectivity index (χ4v) is 4.96. The number of nitrogens with one attached hydrogen (secondary N) is 3. The maximum atomic E-state index is 12.0. The summed E-state index contributed by atoms with van der Waals surface area (Å²) in [5.41, 5.74) is 0. The number of carbonyl (C=O) groups is 6. The van der Waals surface area contributed by atoms with Crippen LogP contribution in [0.15, 0.2) is 0 Å². The van der Waals surface area contributed by atoms with Gasteiger partial charge in [-0.05, 0) is 51.9 Å².